The molecule has 1 rings (SSSR count). The number of hydrogen-bond acceptors (Lipinski definition) is 5. The third-order valence-corrected chi connectivity index (χ3v) is 1.52. The molecule has 0 aliphatic carbocycles. The molecule has 170 valence electrons. The van der Waals surface area contributed by atoms with Crippen molar-refractivity contribution in [3.63, 3.8) is 0 Å². The Morgan fingerprint density at radius 1 is 0.750 bits per heavy atom. The van der Waals surface area contributed by atoms with Gasteiger partial charge in [-0.25, -0.2) is 0 Å². The maximum absolute atomic E-state index is 9.90. The predicted octanol–water partition coefficient (Wildman–Crippen LogP) is 4.16. The molecule has 0 fully saturated rings. The maximum atomic E-state index is 9.90. The van der Waals surface area contributed by atoms with Gasteiger partial charge in [0.15, 0.2) is 0 Å². The Hall–Kier alpha value is -0.377. The molecule has 4 N–H and O–H groups in total. The molecule has 0 saturated heterocycles. The second-order valence-electron chi connectivity index (χ2n) is 6.12. The van der Waals surface area contributed by atoms with Gasteiger partial charge < -0.3 is 25.2 Å². The fraction of sp³-hybridized carbons (Fsp3) is 0.667. The number of rotatable bonds is 3. The predicted molar refractivity (Wildman–Crippen MR) is 99.6 cm³/mol. The van der Waals surface area contributed by atoms with Gasteiger partial charge in [-0.1, -0.05) is 24.3 Å². The Morgan fingerprint density at radius 3 is 1.14 bits per heavy atom. The molecule has 0 radical (unpaired) electrons. The number of halogens is 4. The van der Waals surface area contributed by atoms with E-state index in [9.17, 15) is 10.5 Å². The van der Waals surface area contributed by atoms with Crippen molar-refractivity contribution >= 4 is 0 Å². The van der Waals surface area contributed by atoms with Gasteiger partial charge in [0.2, 0.25) is 0 Å². The molecule has 0 atom stereocenters. The Labute approximate surface area is 173 Å². The molecule has 0 aliphatic heterocycles. The SMILES string of the molecule is CC(C)O.CC(C)O.CC(C)O.COCc1ccc(CO)cc1.[F][Zr]([F])([F])[F]. The van der Waals surface area contributed by atoms with E-state index in [2.05, 4.69) is 0 Å². The van der Waals surface area contributed by atoms with Gasteiger partial charge in [0.1, 0.15) is 0 Å². The molecule has 0 amide bonds. The van der Waals surface area contributed by atoms with Crippen LogP contribution in [0.5, 0.6) is 0 Å². The summed E-state index contributed by atoms with van der Waals surface area (Å²) in [6.07, 6.45) is -0.500. The quantitative estimate of drug-likeness (QED) is 0.469. The van der Waals surface area contributed by atoms with Crippen LogP contribution in [-0.4, -0.2) is 45.8 Å². The fourth-order valence-corrected chi connectivity index (χ4v) is 0.908. The van der Waals surface area contributed by atoms with Crippen LogP contribution >= 0.6 is 0 Å². The zero-order valence-electron chi connectivity index (χ0n) is 17.7. The molecule has 0 spiro atoms. The van der Waals surface area contributed by atoms with Crippen molar-refractivity contribution in [2.75, 3.05) is 7.11 Å². The van der Waals surface area contributed by atoms with Crippen LogP contribution in [0.25, 0.3) is 0 Å². The van der Waals surface area contributed by atoms with Gasteiger partial charge in [0.25, 0.3) is 0 Å². The van der Waals surface area contributed by atoms with E-state index in [1.165, 1.54) is 0 Å². The number of methoxy groups -OCH3 is 1. The Morgan fingerprint density at radius 2 is 0.964 bits per heavy atom. The van der Waals surface area contributed by atoms with Crippen LogP contribution in [0, 0.1) is 0 Å². The molecule has 0 heterocycles. The van der Waals surface area contributed by atoms with Crippen LogP contribution in [0.2, 0.25) is 0 Å². The monoisotopic (exact) mass is 498 g/mol. The number of hydrogen-bond donors (Lipinski definition) is 4. The summed E-state index contributed by atoms with van der Waals surface area (Å²) in [4.78, 5) is 0. The van der Waals surface area contributed by atoms with Gasteiger partial charge in [0.05, 0.1) is 13.2 Å². The van der Waals surface area contributed by atoms with Crippen molar-refractivity contribution in [1.82, 2.24) is 0 Å². The third-order valence-electron chi connectivity index (χ3n) is 1.52. The molecule has 5 nitrogen and oxygen atoms in total. The fourth-order valence-electron chi connectivity index (χ4n) is 0.908. The molecule has 0 bridgehead atoms. The number of aliphatic hydroxyl groups is 4. The molecular weight excluding hydrogens is 463 g/mol. The summed E-state index contributed by atoms with van der Waals surface area (Å²) in [5, 5.41) is 32.9. The minimum atomic E-state index is -7.18. The Bertz CT molecular complexity index is 385. The molecule has 28 heavy (non-hydrogen) atoms. The van der Waals surface area contributed by atoms with Gasteiger partial charge in [-0.05, 0) is 52.7 Å². The van der Waals surface area contributed by atoms with Gasteiger partial charge in [-0.3, -0.25) is 0 Å². The topological polar surface area (TPSA) is 90.2 Å². The molecule has 1 aromatic carbocycles. The molecule has 0 aliphatic rings. The summed E-state index contributed by atoms with van der Waals surface area (Å²) < 4.78 is 44.5. The van der Waals surface area contributed by atoms with Gasteiger partial charge >= 0.3 is 33.2 Å². The van der Waals surface area contributed by atoms with E-state index in [4.69, 9.17) is 25.2 Å². The molecule has 0 saturated carbocycles. The molecule has 1 aromatic rings. The van der Waals surface area contributed by atoms with E-state index < -0.39 is 22.7 Å². The average Bonchev–Trinajstić information content (AvgIpc) is 2.45. The van der Waals surface area contributed by atoms with E-state index in [1.54, 1.807) is 48.7 Å². The Balaban J connectivity index is -0.000000144. The van der Waals surface area contributed by atoms with E-state index in [0.29, 0.717) is 6.61 Å². The van der Waals surface area contributed by atoms with Crippen molar-refractivity contribution in [2.45, 2.75) is 73.1 Å². The van der Waals surface area contributed by atoms with Crippen LogP contribution < -0.4 is 0 Å². The summed E-state index contributed by atoms with van der Waals surface area (Å²) in [6.45, 7) is 11.1. The van der Waals surface area contributed by atoms with E-state index >= 15 is 0 Å². The van der Waals surface area contributed by atoms with Gasteiger partial charge in [-0.2, -0.15) is 0 Å². The van der Waals surface area contributed by atoms with E-state index in [1.807, 2.05) is 24.3 Å². The molecule has 10 heteroatoms. The summed E-state index contributed by atoms with van der Waals surface area (Å²) in [5.41, 5.74) is 2.06. The summed E-state index contributed by atoms with van der Waals surface area (Å²) in [6, 6.07) is 7.70. The second kappa shape index (κ2) is 22.9. The molecule has 0 aromatic heterocycles. The van der Waals surface area contributed by atoms with Crippen LogP contribution in [-0.2, 0) is 40.7 Å². The molecular formula is C18H36F4O5Zr. The number of benzene rings is 1. The van der Waals surface area contributed by atoms with Crippen molar-refractivity contribution in [3.05, 3.63) is 35.4 Å². The average molecular weight is 500 g/mol. The first-order valence-electron chi connectivity index (χ1n) is 8.54. The van der Waals surface area contributed by atoms with Crippen LogP contribution in [0.3, 0.4) is 0 Å². The van der Waals surface area contributed by atoms with Crippen molar-refractivity contribution in [1.29, 1.82) is 0 Å². The van der Waals surface area contributed by atoms with E-state index in [0.717, 1.165) is 11.1 Å². The van der Waals surface area contributed by atoms with Crippen molar-refractivity contribution < 1.29 is 58.4 Å². The van der Waals surface area contributed by atoms with Crippen LogP contribution in [0.15, 0.2) is 24.3 Å². The zero-order valence-corrected chi connectivity index (χ0v) is 20.1. The van der Waals surface area contributed by atoms with Gasteiger partial charge in [0, 0.05) is 25.4 Å². The standard InChI is InChI=1S/C9H12O2.3C3H8O.4FH.Zr/c1-11-7-9-4-2-8(6-10)3-5-9;3*1-3(2)4;;;;;/h2-5,10H,6-7H2,1H3;3*3-4H,1-2H3;4*1H;/q;;;;;;;;+4/p-4. The first-order valence-corrected chi connectivity index (χ1v) is 12.3. The summed E-state index contributed by atoms with van der Waals surface area (Å²) in [5.74, 6) is 0. The summed E-state index contributed by atoms with van der Waals surface area (Å²) >= 11 is -7.18. The van der Waals surface area contributed by atoms with Crippen molar-refractivity contribution in [2.24, 2.45) is 0 Å². The summed E-state index contributed by atoms with van der Waals surface area (Å²) in [7, 11) is 1.67. The van der Waals surface area contributed by atoms with Crippen molar-refractivity contribution in [3.8, 4) is 0 Å². The first-order chi connectivity index (χ1) is 12.6. The molecule has 0 unspecified atom stereocenters. The zero-order chi connectivity index (χ0) is 23.3. The first kappa shape index (κ1) is 35.1. The number of aliphatic hydroxyl groups excluding tert-OH is 4. The van der Waals surface area contributed by atoms with Crippen LogP contribution in [0.4, 0.5) is 10.5 Å². The normalized spacial score (nSPS) is 9.93. The number of ether oxygens (including phenoxy) is 1. The minimum absolute atomic E-state index is 0.104. The van der Waals surface area contributed by atoms with Crippen LogP contribution in [0.1, 0.15) is 52.7 Å². The van der Waals surface area contributed by atoms with Gasteiger partial charge in [-0.15, -0.1) is 0 Å². The third kappa shape index (κ3) is 72.7. The second-order valence-corrected chi connectivity index (χ2v) is 8.22. The Kier molecular flexibility index (Phi) is 28.7. The van der Waals surface area contributed by atoms with E-state index in [-0.39, 0.29) is 24.9 Å².